The second-order valence-corrected chi connectivity index (χ2v) is 6.44. The molecule has 1 N–H and O–H groups in total. The van der Waals surface area contributed by atoms with Crippen molar-refractivity contribution in [1.82, 2.24) is 0 Å². The minimum absolute atomic E-state index is 0.0164. The van der Waals surface area contributed by atoms with Crippen molar-refractivity contribution in [3.63, 3.8) is 0 Å². The number of hydrogen-bond acceptors (Lipinski definition) is 5. The van der Waals surface area contributed by atoms with Crippen molar-refractivity contribution < 1.29 is 23.4 Å². The van der Waals surface area contributed by atoms with Crippen LogP contribution in [0.15, 0.2) is 24.3 Å². The first-order valence-corrected chi connectivity index (χ1v) is 7.11. The van der Waals surface area contributed by atoms with E-state index in [2.05, 4.69) is 0 Å². The Morgan fingerprint density at radius 3 is 2.74 bits per heavy atom. The topological polar surface area (TPSA) is 98.9 Å². The molecule has 1 saturated heterocycles. The lowest BCUT2D eigenvalue weighted by molar-refractivity contribution is -0.386. The highest BCUT2D eigenvalue weighted by Gasteiger charge is 2.46. The van der Waals surface area contributed by atoms with E-state index in [-0.39, 0.29) is 17.9 Å². The quantitative estimate of drug-likeness (QED) is 0.510. The van der Waals surface area contributed by atoms with Crippen molar-refractivity contribution in [2.45, 2.75) is 20.0 Å². The van der Waals surface area contributed by atoms with Gasteiger partial charge in [-0.1, -0.05) is 26.0 Å². The largest absolute Gasteiger partial charge is 0.472 e. The molecule has 8 heteroatoms. The Hall–Kier alpha value is -1.27. The molecule has 1 aromatic rings. The van der Waals surface area contributed by atoms with Crippen LogP contribution in [-0.2, 0) is 13.6 Å². The van der Waals surface area contributed by atoms with Gasteiger partial charge in [0, 0.05) is 11.5 Å². The smallest absolute Gasteiger partial charge is 0.302 e. The van der Waals surface area contributed by atoms with Crippen molar-refractivity contribution in [1.29, 1.82) is 0 Å². The van der Waals surface area contributed by atoms with Crippen LogP contribution in [0.3, 0.4) is 0 Å². The molecule has 1 fully saturated rings. The number of hydrogen-bond donors (Lipinski definition) is 1. The Morgan fingerprint density at radius 1 is 1.47 bits per heavy atom. The van der Waals surface area contributed by atoms with Gasteiger partial charge in [0.05, 0.1) is 17.1 Å². The predicted octanol–water partition coefficient (Wildman–Crippen LogP) is 2.81. The maximum absolute atomic E-state index is 11.5. The van der Waals surface area contributed by atoms with Crippen molar-refractivity contribution in [3.8, 4) is 0 Å². The Bertz CT molecular complexity index is 558. The Kier molecular flexibility index (Phi) is 3.49. The molecule has 1 aromatic carbocycles. The van der Waals surface area contributed by atoms with Gasteiger partial charge < -0.3 is 4.89 Å². The summed E-state index contributed by atoms with van der Waals surface area (Å²) in [5, 5.41) is 11.0. The van der Waals surface area contributed by atoms with Gasteiger partial charge in [-0.2, -0.15) is 0 Å². The molecular formula is C11H14NO6P. The molecule has 0 aliphatic carbocycles. The van der Waals surface area contributed by atoms with Crippen LogP contribution < -0.4 is 0 Å². The second-order valence-electron chi connectivity index (χ2n) is 5.03. The monoisotopic (exact) mass is 287 g/mol. The highest BCUT2D eigenvalue weighted by Crippen LogP contribution is 2.58. The lowest BCUT2D eigenvalue weighted by atomic mass is 9.83. The molecule has 1 aliphatic rings. The van der Waals surface area contributed by atoms with Gasteiger partial charge in [-0.15, -0.1) is 0 Å². The SMILES string of the molecule is CC1(C)COP(=O)(O)O[C@@H]1c1ccccc1[N+](=O)[O-]. The molecule has 0 saturated carbocycles. The third-order valence-electron chi connectivity index (χ3n) is 2.96. The van der Waals surface area contributed by atoms with Gasteiger partial charge in [0.15, 0.2) is 0 Å². The van der Waals surface area contributed by atoms with Gasteiger partial charge in [0.25, 0.3) is 5.69 Å². The van der Waals surface area contributed by atoms with Crippen LogP contribution >= 0.6 is 7.82 Å². The standard InChI is InChI=1S/C11H14NO6P/c1-11(2)7-17-19(15,16)18-10(11)8-5-3-4-6-9(8)12(13)14/h3-6,10H,7H2,1-2H3,(H,15,16)/t10-/m1/s1. The van der Waals surface area contributed by atoms with Crippen LogP contribution in [0, 0.1) is 15.5 Å². The average molecular weight is 287 g/mol. The normalized spacial score (nSPS) is 29.9. The van der Waals surface area contributed by atoms with Crippen LogP contribution in [0.4, 0.5) is 5.69 Å². The summed E-state index contributed by atoms with van der Waals surface area (Å²) in [5.41, 5.74) is -0.513. The van der Waals surface area contributed by atoms with Crippen LogP contribution in [0.5, 0.6) is 0 Å². The van der Waals surface area contributed by atoms with E-state index < -0.39 is 24.3 Å². The molecule has 104 valence electrons. The first-order valence-electron chi connectivity index (χ1n) is 5.62. The molecule has 7 nitrogen and oxygen atoms in total. The molecule has 0 amide bonds. The first-order chi connectivity index (χ1) is 8.73. The zero-order valence-electron chi connectivity index (χ0n) is 10.5. The molecule has 2 atom stereocenters. The van der Waals surface area contributed by atoms with E-state index in [9.17, 15) is 19.6 Å². The third-order valence-corrected chi connectivity index (χ3v) is 3.90. The highest BCUT2D eigenvalue weighted by atomic mass is 31.2. The number of benzene rings is 1. The first kappa shape index (κ1) is 14.1. The summed E-state index contributed by atoms with van der Waals surface area (Å²) in [4.78, 5) is 19.9. The molecule has 1 heterocycles. The van der Waals surface area contributed by atoms with E-state index in [0.717, 1.165) is 0 Å². The van der Waals surface area contributed by atoms with Crippen LogP contribution in [0.2, 0.25) is 0 Å². The van der Waals surface area contributed by atoms with Gasteiger partial charge in [-0.25, -0.2) is 4.57 Å². The molecular weight excluding hydrogens is 273 g/mol. The summed E-state index contributed by atoms with van der Waals surface area (Å²) < 4.78 is 21.3. The number of nitrogens with zero attached hydrogens (tertiary/aromatic N) is 1. The fourth-order valence-electron chi connectivity index (χ4n) is 1.98. The second kappa shape index (κ2) is 4.68. The summed E-state index contributed by atoms with van der Waals surface area (Å²) in [5.74, 6) is 0. The van der Waals surface area contributed by atoms with Crippen LogP contribution in [0.1, 0.15) is 25.5 Å². The maximum Gasteiger partial charge on any atom is 0.472 e. The van der Waals surface area contributed by atoms with E-state index in [1.165, 1.54) is 18.2 Å². The zero-order chi connectivity index (χ0) is 14.3. The highest BCUT2D eigenvalue weighted by molar-refractivity contribution is 7.47. The van der Waals surface area contributed by atoms with Gasteiger partial charge in [-0.05, 0) is 6.07 Å². The molecule has 0 spiro atoms. The number of rotatable bonds is 2. The molecule has 1 aliphatic heterocycles. The minimum atomic E-state index is -4.16. The summed E-state index contributed by atoms with van der Waals surface area (Å²) in [6.45, 7) is 3.50. The fourth-order valence-corrected chi connectivity index (χ4v) is 3.21. The predicted molar refractivity (Wildman–Crippen MR) is 66.5 cm³/mol. The number of nitro groups is 1. The summed E-state index contributed by atoms with van der Waals surface area (Å²) in [6, 6.07) is 6.02. The molecule has 19 heavy (non-hydrogen) atoms. The van der Waals surface area contributed by atoms with E-state index in [4.69, 9.17) is 9.05 Å². The number of phosphoric ester groups is 1. The lowest BCUT2D eigenvalue weighted by Gasteiger charge is -2.39. The molecule has 0 bridgehead atoms. The summed E-state index contributed by atoms with van der Waals surface area (Å²) in [6.07, 6.45) is -0.876. The van der Waals surface area contributed by atoms with Crippen molar-refractivity contribution in [3.05, 3.63) is 39.9 Å². The van der Waals surface area contributed by atoms with Crippen molar-refractivity contribution in [2.24, 2.45) is 5.41 Å². The summed E-state index contributed by atoms with van der Waals surface area (Å²) >= 11 is 0. The summed E-state index contributed by atoms with van der Waals surface area (Å²) in [7, 11) is -4.16. The minimum Gasteiger partial charge on any atom is -0.302 e. The van der Waals surface area contributed by atoms with E-state index >= 15 is 0 Å². The Balaban J connectivity index is 2.49. The fraction of sp³-hybridized carbons (Fsp3) is 0.455. The zero-order valence-corrected chi connectivity index (χ0v) is 11.4. The van der Waals surface area contributed by atoms with Crippen molar-refractivity contribution >= 4 is 13.5 Å². The molecule has 0 radical (unpaired) electrons. The van der Waals surface area contributed by atoms with Gasteiger partial charge >= 0.3 is 7.82 Å². The molecule has 0 aromatic heterocycles. The number of phosphoric acid groups is 1. The average Bonchev–Trinajstić information content (AvgIpc) is 2.33. The van der Waals surface area contributed by atoms with Gasteiger partial charge in [0.2, 0.25) is 0 Å². The maximum atomic E-state index is 11.5. The van der Waals surface area contributed by atoms with E-state index in [1.807, 2.05) is 0 Å². The third kappa shape index (κ3) is 2.84. The van der Waals surface area contributed by atoms with Gasteiger partial charge in [0.1, 0.15) is 6.10 Å². The van der Waals surface area contributed by atoms with Crippen LogP contribution in [0.25, 0.3) is 0 Å². The van der Waals surface area contributed by atoms with Crippen molar-refractivity contribution in [2.75, 3.05) is 6.61 Å². The lowest BCUT2D eigenvalue weighted by Crippen LogP contribution is -2.33. The number of nitro benzene ring substituents is 1. The molecule has 2 rings (SSSR count). The molecule has 1 unspecified atom stereocenters. The Labute approximate surface area is 109 Å². The van der Waals surface area contributed by atoms with Crippen LogP contribution in [-0.4, -0.2) is 16.4 Å². The Morgan fingerprint density at radius 2 is 2.11 bits per heavy atom. The van der Waals surface area contributed by atoms with E-state index in [1.54, 1.807) is 19.9 Å². The van der Waals surface area contributed by atoms with E-state index in [0.29, 0.717) is 0 Å². The number of para-hydroxylation sites is 1. The van der Waals surface area contributed by atoms with Gasteiger partial charge in [-0.3, -0.25) is 19.2 Å².